The van der Waals surface area contributed by atoms with Crippen molar-refractivity contribution in [1.29, 1.82) is 0 Å². The monoisotopic (exact) mass is 169 g/mol. The summed E-state index contributed by atoms with van der Waals surface area (Å²) in [7, 11) is 0. The summed E-state index contributed by atoms with van der Waals surface area (Å²) in [4.78, 5) is 10.7. The summed E-state index contributed by atoms with van der Waals surface area (Å²) in [5, 5.41) is 0. The predicted molar refractivity (Wildman–Crippen MR) is 49.6 cm³/mol. The highest BCUT2D eigenvalue weighted by atomic mass is 16.1. The first-order valence-electron chi connectivity index (χ1n) is 4.78. The Kier molecular flexibility index (Phi) is 2.76. The first-order chi connectivity index (χ1) is 5.49. The lowest BCUT2D eigenvalue weighted by Gasteiger charge is -2.33. The Morgan fingerprint density at radius 3 is 2.33 bits per heavy atom. The molecule has 2 N–H and O–H groups in total. The normalized spacial score (nSPS) is 23.8. The van der Waals surface area contributed by atoms with Crippen LogP contribution in [0.4, 0.5) is 0 Å². The maximum atomic E-state index is 10.7. The highest BCUT2D eigenvalue weighted by Gasteiger charge is 2.27. The minimum absolute atomic E-state index is 0.139. The SMILES string of the molecule is CC1(C)CCC(CC(N)=O)CC1. The van der Waals surface area contributed by atoms with E-state index in [-0.39, 0.29) is 5.91 Å². The van der Waals surface area contributed by atoms with E-state index in [0.29, 0.717) is 17.8 Å². The standard InChI is InChI=1S/C10H19NO/c1-10(2)5-3-8(4-6-10)7-9(11)12/h8H,3-7H2,1-2H3,(H2,11,12). The Labute approximate surface area is 74.5 Å². The average molecular weight is 169 g/mol. The van der Waals surface area contributed by atoms with E-state index >= 15 is 0 Å². The Hall–Kier alpha value is -0.530. The minimum Gasteiger partial charge on any atom is -0.370 e. The molecule has 70 valence electrons. The van der Waals surface area contributed by atoms with E-state index in [0.717, 1.165) is 0 Å². The van der Waals surface area contributed by atoms with Crippen LogP contribution in [0, 0.1) is 11.3 Å². The van der Waals surface area contributed by atoms with Crippen LogP contribution in [0.1, 0.15) is 46.0 Å². The number of nitrogens with two attached hydrogens (primary N) is 1. The number of amides is 1. The van der Waals surface area contributed by atoms with Crippen LogP contribution in [0.15, 0.2) is 0 Å². The molecule has 1 aliphatic carbocycles. The molecule has 0 saturated heterocycles. The van der Waals surface area contributed by atoms with E-state index in [4.69, 9.17) is 5.73 Å². The molecule has 0 atom stereocenters. The maximum absolute atomic E-state index is 10.7. The molecule has 0 unspecified atom stereocenters. The summed E-state index contributed by atoms with van der Waals surface area (Å²) in [6.07, 6.45) is 5.43. The molecular formula is C10H19NO. The number of primary amides is 1. The minimum atomic E-state index is -0.139. The highest BCUT2D eigenvalue weighted by molar-refractivity contribution is 5.73. The topological polar surface area (TPSA) is 43.1 Å². The van der Waals surface area contributed by atoms with Gasteiger partial charge in [-0.05, 0) is 37.0 Å². The van der Waals surface area contributed by atoms with Crippen molar-refractivity contribution in [3.05, 3.63) is 0 Å². The van der Waals surface area contributed by atoms with Crippen LogP contribution in [0.3, 0.4) is 0 Å². The molecule has 0 radical (unpaired) electrons. The highest BCUT2D eigenvalue weighted by Crippen LogP contribution is 2.38. The smallest absolute Gasteiger partial charge is 0.217 e. The Morgan fingerprint density at radius 1 is 1.42 bits per heavy atom. The van der Waals surface area contributed by atoms with E-state index in [9.17, 15) is 4.79 Å². The molecule has 0 aliphatic heterocycles. The van der Waals surface area contributed by atoms with Gasteiger partial charge in [0.1, 0.15) is 0 Å². The summed E-state index contributed by atoms with van der Waals surface area (Å²) >= 11 is 0. The molecule has 0 spiro atoms. The fourth-order valence-corrected chi connectivity index (χ4v) is 1.95. The molecule has 2 heteroatoms. The van der Waals surface area contributed by atoms with Crippen molar-refractivity contribution < 1.29 is 4.79 Å². The van der Waals surface area contributed by atoms with Crippen molar-refractivity contribution in [2.45, 2.75) is 46.0 Å². The van der Waals surface area contributed by atoms with Crippen LogP contribution >= 0.6 is 0 Å². The zero-order valence-electron chi connectivity index (χ0n) is 8.10. The Balaban J connectivity index is 2.31. The van der Waals surface area contributed by atoms with E-state index in [1.54, 1.807) is 0 Å². The zero-order chi connectivity index (χ0) is 9.19. The molecule has 1 amide bonds. The lowest BCUT2D eigenvalue weighted by molar-refractivity contribution is -0.119. The van der Waals surface area contributed by atoms with E-state index in [2.05, 4.69) is 13.8 Å². The van der Waals surface area contributed by atoms with Gasteiger partial charge in [0.15, 0.2) is 0 Å². The summed E-state index contributed by atoms with van der Waals surface area (Å²) in [5.41, 5.74) is 5.65. The number of carbonyl (C=O) groups is 1. The van der Waals surface area contributed by atoms with Crippen LogP contribution in [-0.4, -0.2) is 5.91 Å². The molecule has 1 rings (SSSR count). The second-order valence-corrected chi connectivity index (χ2v) is 4.78. The quantitative estimate of drug-likeness (QED) is 0.675. The van der Waals surface area contributed by atoms with Gasteiger partial charge in [-0.1, -0.05) is 13.8 Å². The van der Waals surface area contributed by atoms with E-state index in [1.807, 2.05) is 0 Å². The van der Waals surface area contributed by atoms with Gasteiger partial charge in [-0.2, -0.15) is 0 Å². The van der Waals surface area contributed by atoms with Gasteiger partial charge in [-0.15, -0.1) is 0 Å². The molecule has 0 bridgehead atoms. The van der Waals surface area contributed by atoms with Crippen LogP contribution in [0.5, 0.6) is 0 Å². The van der Waals surface area contributed by atoms with Crippen molar-refractivity contribution in [2.75, 3.05) is 0 Å². The van der Waals surface area contributed by atoms with Gasteiger partial charge < -0.3 is 5.73 Å². The van der Waals surface area contributed by atoms with Crippen molar-refractivity contribution in [3.8, 4) is 0 Å². The third-order valence-electron chi connectivity index (χ3n) is 2.95. The first-order valence-corrected chi connectivity index (χ1v) is 4.78. The molecule has 12 heavy (non-hydrogen) atoms. The van der Waals surface area contributed by atoms with Gasteiger partial charge in [-0.25, -0.2) is 0 Å². The van der Waals surface area contributed by atoms with Crippen LogP contribution in [-0.2, 0) is 4.79 Å². The second-order valence-electron chi connectivity index (χ2n) is 4.78. The van der Waals surface area contributed by atoms with E-state index < -0.39 is 0 Å². The van der Waals surface area contributed by atoms with Crippen LogP contribution in [0.25, 0.3) is 0 Å². The van der Waals surface area contributed by atoms with Crippen LogP contribution in [0.2, 0.25) is 0 Å². The molecule has 0 aromatic carbocycles. The molecule has 0 aromatic rings. The number of rotatable bonds is 2. The molecular weight excluding hydrogens is 150 g/mol. The third-order valence-corrected chi connectivity index (χ3v) is 2.95. The van der Waals surface area contributed by atoms with Crippen molar-refractivity contribution in [1.82, 2.24) is 0 Å². The van der Waals surface area contributed by atoms with Crippen LogP contribution < -0.4 is 5.73 Å². The lowest BCUT2D eigenvalue weighted by atomic mass is 9.72. The molecule has 0 aromatic heterocycles. The molecule has 1 saturated carbocycles. The van der Waals surface area contributed by atoms with Gasteiger partial charge in [0, 0.05) is 6.42 Å². The number of hydrogen-bond acceptors (Lipinski definition) is 1. The maximum Gasteiger partial charge on any atom is 0.217 e. The predicted octanol–water partition coefficient (Wildman–Crippen LogP) is 2.08. The van der Waals surface area contributed by atoms with Gasteiger partial charge in [0.05, 0.1) is 0 Å². The van der Waals surface area contributed by atoms with Crippen molar-refractivity contribution in [3.63, 3.8) is 0 Å². The number of hydrogen-bond donors (Lipinski definition) is 1. The first kappa shape index (κ1) is 9.56. The Morgan fingerprint density at radius 2 is 1.92 bits per heavy atom. The average Bonchev–Trinajstić information content (AvgIpc) is 1.93. The van der Waals surface area contributed by atoms with Gasteiger partial charge in [-0.3, -0.25) is 4.79 Å². The molecule has 1 fully saturated rings. The van der Waals surface area contributed by atoms with Gasteiger partial charge in [0.25, 0.3) is 0 Å². The van der Waals surface area contributed by atoms with Gasteiger partial charge >= 0.3 is 0 Å². The third kappa shape index (κ3) is 2.84. The summed E-state index contributed by atoms with van der Waals surface area (Å²) in [6.45, 7) is 4.60. The van der Waals surface area contributed by atoms with Crippen molar-refractivity contribution >= 4 is 5.91 Å². The summed E-state index contributed by atoms with van der Waals surface area (Å²) < 4.78 is 0. The fraction of sp³-hybridized carbons (Fsp3) is 0.900. The summed E-state index contributed by atoms with van der Waals surface area (Å²) in [5.74, 6) is 0.426. The van der Waals surface area contributed by atoms with Crippen molar-refractivity contribution in [2.24, 2.45) is 17.1 Å². The Bertz CT molecular complexity index is 165. The van der Waals surface area contributed by atoms with Gasteiger partial charge in [0.2, 0.25) is 5.91 Å². The zero-order valence-corrected chi connectivity index (χ0v) is 8.10. The molecule has 2 nitrogen and oxygen atoms in total. The summed E-state index contributed by atoms with van der Waals surface area (Å²) in [6, 6.07) is 0. The number of carbonyl (C=O) groups excluding carboxylic acids is 1. The van der Waals surface area contributed by atoms with E-state index in [1.165, 1.54) is 25.7 Å². The largest absolute Gasteiger partial charge is 0.370 e. The second kappa shape index (κ2) is 3.46. The molecule has 1 aliphatic rings. The lowest BCUT2D eigenvalue weighted by Crippen LogP contribution is -2.24. The fourth-order valence-electron chi connectivity index (χ4n) is 1.95. The molecule has 0 heterocycles.